The third kappa shape index (κ3) is 2.86. The average molecular weight is 348 g/mol. The van der Waals surface area contributed by atoms with Crippen molar-refractivity contribution in [3.63, 3.8) is 0 Å². The fourth-order valence-corrected chi connectivity index (χ4v) is 3.65. The molecule has 0 radical (unpaired) electrons. The minimum atomic E-state index is -0.165. The summed E-state index contributed by atoms with van der Waals surface area (Å²) in [5.41, 5.74) is 3.30. The van der Waals surface area contributed by atoms with Gasteiger partial charge in [-0.3, -0.25) is 9.59 Å². The van der Waals surface area contributed by atoms with Gasteiger partial charge in [0, 0.05) is 24.7 Å². The molecule has 5 heteroatoms. The second kappa shape index (κ2) is 6.67. The number of rotatable bonds is 3. The second-order valence-corrected chi connectivity index (χ2v) is 6.50. The lowest BCUT2D eigenvalue weighted by Gasteiger charge is -2.41. The summed E-state index contributed by atoms with van der Waals surface area (Å²) < 4.78 is 5.30. The highest BCUT2D eigenvalue weighted by molar-refractivity contribution is 6.09. The zero-order chi connectivity index (χ0) is 18.1. The minimum Gasteiger partial charge on any atom is -0.497 e. The molecule has 0 bridgehead atoms. The van der Waals surface area contributed by atoms with Gasteiger partial charge in [0.2, 0.25) is 0 Å². The summed E-state index contributed by atoms with van der Waals surface area (Å²) in [6.45, 7) is 1.24. The van der Waals surface area contributed by atoms with Crippen molar-refractivity contribution in [3.05, 3.63) is 77.0 Å². The van der Waals surface area contributed by atoms with Gasteiger partial charge in [-0.25, -0.2) is 0 Å². The highest BCUT2D eigenvalue weighted by Crippen LogP contribution is 2.34. The fraction of sp³-hybridized carbons (Fsp3) is 0.238. The maximum Gasteiger partial charge on any atom is 0.270 e. The van der Waals surface area contributed by atoms with Crippen LogP contribution < -0.4 is 10.1 Å². The maximum atomic E-state index is 12.9. The number of piperazine rings is 1. The van der Waals surface area contributed by atoms with Crippen LogP contribution in [0.15, 0.2) is 60.3 Å². The number of carbonyl (C=O) groups excluding carboxylic acids is 2. The Morgan fingerprint density at radius 1 is 1.23 bits per heavy atom. The smallest absolute Gasteiger partial charge is 0.270 e. The number of nitrogens with zero attached hydrogens (tertiary/aromatic N) is 1. The summed E-state index contributed by atoms with van der Waals surface area (Å²) in [7, 11) is 1.66. The third-order valence-corrected chi connectivity index (χ3v) is 5.02. The van der Waals surface area contributed by atoms with E-state index in [4.69, 9.17) is 4.74 Å². The minimum absolute atomic E-state index is 0.0128. The molecule has 0 aromatic heterocycles. The first-order valence-electron chi connectivity index (χ1n) is 8.70. The molecule has 4 rings (SSSR count). The van der Waals surface area contributed by atoms with Crippen molar-refractivity contribution in [1.29, 1.82) is 0 Å². The average Bonchev–Trinajstić information content (AvgIpc) is 2.70. The van der Waals surface area contributed by atoms with Gasteiger partial charge in [-0.2, -0.15) is 0 Å². The number of benzene rings is 2. The summed E-state index contributed by atoms with van der Waals surface area (Å²) in [6.07, 6.45) is 2.20. The van der Waals surface area contributed by atoms with Crippen LogP contribution >= 0.6 is 0 Å². The molecule has 1 unspecified atom stereocenters. The van der Waals surface area contributed by atoms with E-state index in [2.05, 4.69) is 5.32 Å². The van der Waals surface area contributed by atoms with Crippen LogP contribution in [-0.2, 0) is 11.2 Å². The van der Waals surface area contributed by atoms with E-state index < -0.39 is 0 Å². The number of carbonyl (C=O) groups is 2. The summed E-state index contributed by atoms with van der Waals surface area (Å²) in [5, 5.41) is 3.16. The molecule has 2 aliphatic rings. The lowest BCUT2D eigenvalue weighted by atomic mass is 9.90. The number of hydrogen-bond donors (Lipinski definition) is 1. The van der Waals surface area contributed by atoms with Gasteiger partial charge in [-0.15, -0.1) is 0 Å². The molecule has 2 heterocycles. The second-order valence-electron chi connectivity index (χ2n) is 6.50. The quantitative estimate of drug-likeness (QED) is 0.684. The van der Waals surface area contributed by atoms with Crippen molar-refractivity contribution in [3.8, 4) is 5.75 Å². The van der Waals surface area contributed by atoms with Gasteiger partial charge in [0.05, 0.1) is 13.2 Å². The van der Waals surface area contributed by atoms with Gasteiger partial charge in [0.1, 0.15) is 11.4 Å². The van der Waals surface area contributed by atoms with Crippen molar-refractivity contribution in [1.82, 2.24) is 10.2 Å². The molecule has 0 spiro atoms. The standard InChI is InChI=1S/C21H20N2O3/c1-26-16-7-8-17-15(11-16)9-10-23-19(17)13-22-18(21(23)25)12-20(24)14-5-3-2-4-6-14/h2-8,11-12,19,22H,9-10,13H2,1H3/b18-12-. The highest BCUT2D eigenvalue weighted by Gasteiger charge is 2.36. The Bertz CT molecular complexity index is 889. The van der Waals surface area contributed by atoms with Crippen LogP contribution in [0.1, 0.15) is 27.5 Å². The lowest BCUT2D eigenvalue weighted by molar-refractivity contribution is -0.132. The van der Waals surface area contributed by atoms with Crippen LogP contribution in [0.4, 0.5) is 0 Å². The first-order chi connectivity index (χ1) is 12.7. The van der Waals surface area contributed by atoms with E-state index in [9.17, 15) is 9.59 Å². The van der Waals surface area contributed by atoms with Gasteiger partial charge in [-0.1, -0.05) is 36.4 Å². The monoisotopic (exact) mass is 348 g/mol. The van der Waals surface area contributed by atoms with Crippen molar-refractivity contribution in [2.75, 3.05) is 20.2 Å². The number of amides is 1. The molecule has 1 fully saturated rings. The first-order valence-corrected chi connectivity index (χ1v) is 8.70. The molecular formula is C21H20N2O3. The maximum absolute atomic E-state index is 12.9. The van der Waals surface area contributed by atoms with Gasteiger partial charge >= 0.3 is 0 Å². The Kier molecular flexibility index (Phi) is 4.21. The predicted octanol–water partition coefficient (Wildman–Crippen LogP) is 2.49. The number of fused-ring (bicyclic) bond motifs is 3. The molecule has 1 atom stereocenters. The van der Waals surface area contributed by atoms with Crippen LogP contribution in [0.3, 0.4) is 0 Å². The largest absolute Gasteiger partial charge is 0.497 e. The van der Waals surface area contributed by atoms with E-state index in [1.54, 1.807) is 19.2 Å². The molecule has 1 N–H and O–H groups in total. The molecule has 2 aromatic carbocycles. The fourth-order valence-electron chi connectivity index (χ4n) is 3.65. The molecular weight excluding hydrogens is 328 g/mol. The number of nitrogens with one attached hydrogen (secondary N) is 1. The van der Waals surface area contributed by atoms with E-state index in [0.29, 0.717) is 24.4 Å². The molecule has 1 saturated heterocycles. The van der Waals surface area contributed by atoms with Crippen LogP contribution in [0.2, 0.25) is 0 Å². The van der Waals surface area contributed by atoms with E-state index in [-0.39, 0.29) is 17.7 Å². The van der Waals surface area contributed by atoms with Crippen molar-refractivity contribution in [2.24, 2.45) is 0 Å². The van der Waals surface area contributed by atoms with E-state index >= 15 is 0 Å². The highest BCUT2D eigenvalue weighted by atomic mass is 16.5. The normalized spacial score (nSPS) is 20.2. The van der Waals surface area contributed by atoms with Gasteiger partial charge in [-0.05, 0) is 29.7 Å². The first kappa shape index (κ1) is 16.4. The Morgan fingerprint density at radius 3 is 2.81 bits per heavy atom. The summed E-state index contributed by atoms with van der Waals surface area (Å²) in [4.78, 5) is 27.1. The van der Waals surface area contributed by atoms with Gasteiger partial charge in [0.15, 0.2) is 5.78 Å². The number of methoxy groups -OCH3 is 1. The lowest BCUT2D eigenvalue weighted by Crippen LogP contribution is -2.51. The molecule has 0 aliphatic carbocycles. The molecule has 2 aromatic rings. The summed E-state index contributed by atoms with van der Waals surface area (Å²) in [6, 6.07) is 15.0. The van der Waals surface area contributed by atoms with Crippen molar-refractivity contribution >= 4 is 11.7 Å². The van der Waals surface area contributed by atoms with Crippen LogP contribution in [0, 0.1) is 0 Å². The molecule has 26 heavy (non-hydrogen) atoms. The number of ether oxygens (including phenoxy) is 1. The van der Waals surface area contributed by atoms with E-state index in [1.165, 1.54) is 11.6 Å². The summed E-state index contributed by atoms with van der Waals surface area (Å²) >= 11 is 0. The Morgan fingerprint density at radius 2 is 2.04 bits per heavy atom. The van der Waals surface area contributed by atoms with Crippen LogP contribution in [0.5, 0.6) is 5.75 Å². The third-order valence-electron chi connectivity index (χ3n) is 5.02. The zero-order valence-corrected chi connectivity index (χ0v) is 14.6. The number of hydrogen-bond acceptors (Lipinski definition) is 4. The Balaban J connectivity index is 1.58. The van der Waals surface area contributed by atoms with Gasteiger partial charge in [0.25, 0.3) is 5.91 Å². The van der Waals surface area contributed by atoms with E-state index in [1.807, 2.05) is 41.3 Å². The van der Waals surface area contributed by atoms with Crippen molar-refractivity contribution in [2.45, 2.75) is 12.5 Å². The van der Waals surface area contributed by atoms with Gasteiger partial charge < -0.3 is 15.0 Å². The molecule has 1 amide bonds. The zero-order valence-electron chi connectivity index (χ0n) is 14.6. The molecule has 0 saturated carbocycles. The van der Waals surface area contributed by atoms with Crippen molar-refractivity contribution < 1.29 is 14.3 Å². The Labute approximate surface area is 152 Å². The van der Waals surface area contributed by atoms with Crippen LogP contribution in [-0.4, -0.2) is 36.8 Å². The molecule has 5 nitrogen and oxygen atoms in total. The molecule has 2 aliphatic heterocycles. The number of ketones is 1. The van der Waals surface area contributed by atoms with Crippen LogP contribution in [0.25, 0.3) is 0 Å². The summed E-state index contributed by atoms with van der Waals surface area (Å²) in [5.74, 6) is 0.551. The SMILES string of the molecule is COc1ccc2c(c1)CCN1C(=O)/C(=C/C(=O)c3ccccc3)NCC21. The topological polar surface area (TPSA) is 58.6 Å². The van der Waals surface area contributed by atoms with E-state index in [0.717, 1.165) is 17.7 Å². The Hall–Kier alpha value is -3.08. The number of allylic oxidation sites excluding steroid dienone is 1. The predicted molar refractivity (Wildman–Crippen MR) is 98.0 cm³/mol. The molecule has 132 valence electrons.